The molecule has 0 atom stereocenters. The molecule has 4 amide bonds. The molecule has 0 bridgehead atoms. The zero-order valence-corrected chi connectivity index (χ0v) is 71.6. The fourth-order valence-electron chi connectivity index (χ4n) is 9.81. The van der Waals surface area contributed by atoms with E-state index < -0.39 is 0 Å². The summed E-state index contributed by atoms with van der Waals surface area (Å²) in [6.45, 7) is 17.7. The van der Waals surface area contributed by atoms with Crippen molar-refractivity contribution in [1.29, 1.82) is 0 Å². The topological polar surface area (TPSA) is 189 Å². The van der Waals surface area contributed by atoms with Gasteiger partial charge in [0.1, 0.15) is 39.0 Å². The van der Waals surface area contributed by atoms with Crippen LogP contribution in [0.25, 0.3) is 0 Å². The van der Waals surface area contributed by atoms with Gasteiger partial charge in [-0.3, -0.25) is 19.2 Å². The van der Waals surface area contributed by atoms with Gasteiger partial charge in [0.15, 0.2) is 0 Å². The quantitative estimate of drug-likeness (QED) is 0.0796. The number of hydrogen-bond donors (Lipinski definition) is 0. The van der Waals surface area contributed by atoms with Gasteiger partial charge in [0.25, 0.3) is 0 Å². The molecule has 12 aliphatic rings. The molecule has 10 saturated heterocycles. The summed E-state index contributed by atoms with van der Waals surface area (Å²) < 4.78 is 33.2. The van der Waals surface area contributed by atoms with Gasteiger partial charge >= 0.3 is 57.2 Å². The Morgan fingerprint density at radius 2 is 0.414 bits per heavy atom. The molecule has 18 rings (SSSR count). The number of hydrogen-bond acceptors (Lipinski definition) is 12. The Bertz CT molecular complexity index is 2280. The number of carbonyl (C=O) groups is 4. The van der Waals surface area contributed by atoms with Crippen molar-refractivity contribution in [2.45, 2.75) is 154 Å². The van der Waals surface area contributed by atoms with Crippen LogP contribution in [-0.2, 0) is 81.7 Å². The minimum atomic E-state index is 0. The molecule has 12 heterocycles. The van der Waals surface area contributed by atoms with Gasteiger partial charge in [0, 0.05) is 185 Å². The molecule has 0 radical (unpaired) electrons. The van der Waals surface area contributed by atoms with E-state index in [1.165, 1.54) is 77.0 Å². The Balaban J connectivity index is -0.00000111. The Morgan fingerprint density at radius 3 is 0.450 bits per heavy atom. The molecule has 0 aliphatic carbocycles. The summed E-state index contributed by atoms with van der Waals surface area (Å²) in [6.07, 6.45) is 26.2. The van der Waals surface area contributed by atoms with Crippen LogP contribution in [-0.4, -0.2) is 248 Å². The molecule has 0 aromatic heterocycles. The molecule has 0 N–H and O–H groups in total. The van der Waals surface area contributed by atoms with E-state index in [2.05, 4.69) is 36.4 Å². The second-order valence-corrected chi connectivity index (χ2v) is 25.9. The van der Waals surface area contributed by atoms with E-state index in [0.29, 0.717) is 35.4 Å². The summed E-state index contributed by atoms with van der Waals surface area (Å²) in [4.78, 5) is 49.1. The Morgan fingerprint density at radius 1 is 0.261 bits per heavy atom. The van der Waals surface area contributed by atoms with Gasteiger partial charge in [-0.1, -0.05) is 0 Å². The van der Waals surface area contributed by atoms with Crippen LogP contribution in [0.3, 0.4) is 0 Å². The van der Waals surface area contributed by atoms with Crippen LogP contribution in [0, 0.1) is 36.4 Å². The molecule has 12 aliphatic heterocycles. The molecule has 10 fully saturated rings. The fraction of sp³-hybridized carbons (Fsp3) is 0.533. The van der Waals surface area contributed by atoms with Crippen molar-refractivity contribution in [2.24, 2.45) is 0 Å². The maximum Gasteiger partial charge on any atom is 2.00 e. The summed E-state index contributed by atoms with van der Waals surface area (Å²) in [5.41, 5.74) is 0. The number of ether oxygens (including phenoxy) is 6. The molecule has 0 saturated carbocycles. The Labute approximate surface area is 707 Å². The Hall–Kier alpha value is -6.29. The molecule has 18 nitrogen and oxygen atoms in total. The number of likely N-dealkylation sites (tertiary alicyclic amines) is 4. The predicted molar refractivity (Wildman–Crippen MR) is 436 cm³/mol. The van der Waals surface area contributed by atoms with E-state index in [9.17, 15) is 29.4 Å². The van der Waals surface area contributed by atoms with Crippen molar-refractivity contribution in [1.82, 2.24) is 19.6 Å². The molecule has 21 heteroatoms. The van der Waals surface area contributed by atoms with Crippen molar-refractivity contribution in [3.05, 3.63) is 218 Å². The summed E-state index contributed by atoms with van der Waals surface area (Å²) in [5, 5.41) is 21.0. The summed E-state index contributed by atoms with van der Waals surface area (Å²) >= 11 is 0. The third-order valence-electron chi connectivity index (χ3n) is 16.5. The first-order chi connectivity index (χ1) is 52.8. The van der Waals surface area contributed by atoms with Crippen molar-refractivity contribution in [3.63, 3.8) is 0 Å². The SMILES string of the molecule is C1CCOC1.C1CCOC1.C1CCOC1.C1CCOC1.C1CCOC1.C1CCOC1.CN1CCCC1=O.CN1CCCC1=O.CN1CCCC1=O.CN1CCCC1=O.C[N+]1=C([O-])CCC1.C[N+]1=C([O-])CCC1.[Fe+2].[Fe+2].[Mg+2].[c-]1ccccc1.[c-]1ccccc1.[c-]1ccccc1.[c-]1ccccc1.[c-]1ccccc1.[c-]1ccccc1. The average molecular weight is 1630 g/mol. The third kappa shape index (κ3) is 74.9. The van der Waals surface area contributed by atoms with Gasteiger partial charge in [-0.25, -0.2) is 9.15 Å². The zero-order chi connectivity index (χ0) is 78.3. The monoisotopic (exact) mass is 1620 g/mol. The van der Waals surface area contributed by atoms with Crippen LogP contribution >= 0.6 is 0 Å². The van der Waals surface area contributed by atoms with E-state index in [4.69, 9.17) is 28.4 Å². The molecular formula is C90H132Fe2MgN6O12. The van der Waals surface area contributed by atoms with Crippen LogP contribution in [0.15, 0.2) is 182 Å². The van der Waals surface area contributed by atoms with Crippen LogP contribution in [0.5, 0.6) is 0 Å². The molecular weight excluding hydrogens is 1490 g/mol. The molecule has 612 valence electrons. The van der Waals surface area contributed by atoms with Crippen LogP contribution < -0.4 is 10.2 Å². The number of rotatable bonds is 0. The number of benzene rings is 6. The summed E-state index contributed by atoms with van der Waals surface area (Å²) in [5.74, 6) is 1.75. The van der Waals surface area contributed by atoms with Gasteiger partial charge in [0.05, 0.1) is 0 Å². The van der Waals surface area contributed by atoms with Crippen LogP contribution in [0.4, 0.5) is 0 Å². The first-order valence-corrected chi connectivity index (χ1v) is 39.2. The van der Waals surface area contributed by atoms with Gasteiger partial charge in [-0.15, -0.1) is 0 Å². The van der Waals surface area contributed by atoms with E-state index in [-0.39, 0.29) is 57.2 Å². The maximum atomic E-state index is 10.5. The van der Waals surface area contributed by atoms with E-state index >= 15 is 0 Å². The number of nitrogens with zero attached hydrogens (tertiary/aromatic N) is 6. The first kappa shape index (κ1) is 109. The minimum absolute atomic E-state index is 0. The smallest absolute Gasteiger partial charge is 0.827 e. The normalized spacial score (nSPS) is 17.1. The number of amides is 4. The Kier molecular flexibility index (Phi) is 83.0. The van der Waals surface area contributed by atoms with Gasteiger partial charge < -0.3 is 58.2 Å². The van der Waals surface area contributed by atoms with Crippen LogP contribution in [0.1, 0.15) is 154 Å². The first-order valence-electron chi connectivity index (χ1n) is 39.2. The standard InChI is InChI=1S/6C6H5.6C5H9NO.6C4H8O.2Fe.Mg/c6*1-2-4-6-5-3-1;6*1-6-4-2-3-5(6)7;6*1-2-4-5-3-1;;;/h6*1-5H;6*2-4H2,1H3;6*1-4H2;;;/q6*-1;;;;;;;;;;;;;3*+2. The zero-order valence-electron chi connectivity index (χ0n) is 68.0. The van der Waals surface area contributed by atoms with Crippen LogP contribution in [0.2, 0.25) is 0 Å². The van der Waals surface area contributed by atoms with Gasteiger partial charge in [-0.2, -0.15) is 218 Å². The van der Waals surface area contributed by atoms with E-state index in [1.54, 1.807) is 28.8 Å². The molecule has 111 heavy (non-hydrogen) atoms. The largest absolute Gasteiger partial charge is 2.00 e. The average Bonchev–Trinajstić information content (AvgIpc) is 1.86. The van der Waals surface area contributed by atoms with Crippen molar-refractivity contribution in [2.75, 3.05) is 161 Å². The second kappa shape index (κ2) is 84.6. The van der Waals surface area contributed by atoms with Gasteiger partial charge in [-0.05, 0) is 103 Å². The molecule has 0 unspecified atom stereocenters. The maximum absolute atomic E-state index is 10.5. The second-order valence-electron chi connectivity index (χ2n) is 25.9. The van der Waals surface area contributed by atoms with E-state index in [0.717, 1.165) is 196 Å². The van der Waals surface area contributed by atoms with Crippen molar-refractivity contribution < 1.29 is 101 Å². The molecule has 6 aromatic rings. The van der Waals surface area contributed by atoms with Gasteiger partial charge in [0.2, 0.25) is 23.6 Å². The predicted octanol–water partition coefficient (Wildman–Crippen LogP) is 12.6. The molecule has 0 spiro atoms. The van der Waals surface area contributed by atoms with E-state index in [1.807, 2.05) is 224 Å². The third-order valence-corrected chi connectivity index (χ3v) is 16.5. The summed E-state index contributed by atoms with van der Waals surface area (Å²) in [7, 11) is 11.1. The van der Waals surface area contributed by atoms with Crippen molar-refractivity contribution in [3.8, 4) is 0 Å². The minimum Gasteiger partial charge on any atom is -0.827 e. The fourth-order valence-corrected chi connectivity index (χ4v) is 9.81. The summed E-state index contributed by atoms with van der Waals surface area (Å²) in [6, 6.07) is 75.0. The van der Waals surface area contributed by atoms with Crippen molar-refractivity contribution >= 4 is 58.5 Å². The number of carbonyl (C=O) groups excluding carboxylic acids is 4. The molecule has 6 aromatic carbocycles.